The van der Waals surface area contributed by atoms with Gasteiger partial charge in [-0.1, -0.05) is 18.2 Å². The van der Waals surface area contributed by atoms with Crippen LogP contribution in [0.1, 0.15) is 17.9 Å². The predicted molar refractivity (Wildman–Crippen MR) is 49.1 cm³/mol. The number of aliphatic hydroxyl groups excluding tert-OH is 1. The second kappa shape index (κ2) is 3.39. The summed E-state index contributed by atoms with van der Waals surface area (Å²) in [7, 11) is 0. The van der Waals surface area contributed by atoms with Crippen LogP contribution in [-0.2, 0) is 0 Å². The van der Waals surface area contributed by atoms with Gasteiger partial charge >= 0.3 is 0 Å². The van der Waals surface area contributed by atoms with E-state index >= 15 is 0 Å². The van der Waals surface area contributed by atoms with E-state index in [-0.39, 0.29) is 0 Å². The van der Waals surface area contributed by atoms with Gasteiger partial charge in [0.2, 0.25) is 0 Å². The molecule has 0 aliphatic carbocycles. The van der Waals surface area contributed by atoms with Crippen LogP contribution in [0.2, 0.25) is 5.02 Å². The maximum Gasteiger partial charge on any atom is 0.109 e. The summed E-state index contributed by atoms with van der Waals surface area (Å²) in [6.07, 6.45) is -0.563. The number of thiophene rings is 1. The van der Waals surface area contributed by atoms with E-state index in [1.54, 1.807) is 18.4 Å². The van der Waals surface area contributed by atoms with Gasteiger partial charge in [0.25, 0.3) is 0 Å². The van der Waals surface area contributed by atoms with E-state index in [0.717, 1.165) is 10.5 Å². The van der Waals surface area contributed by atoms with Crippen LogP contribution in [0.5, 0.6) is 0 Å². The van der Waals surface area contributed by atoms with Crippen molar-refractivity contribution >= 4 is 22.9 Å². The molecule has 0 aliphatic rings. The van der Waals surface area contributed by atoms with Crippen molar-refractivity contribution < 1.29 is 5.11 Å². The number of hydrogen-bond acceptors (Lipinski definition) is 2. The van der Waals surface area contributed by atoms with Crippen LogP contribution >= 0.6 is 22.9 Å². The zero-order valence-electron chi connectivity index (χ0n) is 6.17. The second-order valence-electron chi connectivity index (χ2n) is 2.42. The topological polar surface area (TPSA) is 20.2 Å². The van der Waals surface area contributed by atoms with Gasteiger partial charge in [0.15, 0.2) is 0 Å². The van der Waals surface area contributed by atoms with Gasteiger partial charge in [-0.2, -0.15) is 0 Å². The van der Waals surface area contributed by atoms with Crippen molar-refractivity contribution in [2.24, 2.45) is 0 Å². The Hall–Kier alpha value is -0.310. The van der Waals surface area contributed by atoms with E-state index in [9.17, 15) is 5.11 Å². The molecule has 1 heterocycles. The van der Waals surface area contributed by atoms with Gasteiger partial charge in [-0.25, -0.2) is 0 Å². The number of aliphatic hydroxyl groups is 1. The van der Waals surface area contributed by atoms with Crippen molar-refractivity contribution in [3.05, 3.63) is 33.5 Å². The first-order valence-corrected chi connectivity index (χ1v) is 4.44. The van der Waals surface area contributed by atoms with Crippen LogP contribution in [-0.4, -0.2) is 5.11 Å². The first kappa shape index (κ1) is 8.78. The molecule has 1 aromatic rings. The summed E-state index contributed by atoms with van der Waals surface area (Å²) in [5.41, 5.74) is 0.739. The molecule has 11 heavy (non-hydrogen) atoms. The highest BCUT2D eigenvalue weighted by molar-refractivity contribution is 7.10. The smallest absolute Gasteiger partial charge is 0.109 e. The highest BCUT2D eigenvalue weighted by Crippen LogP contribution is 2.28. The van der Waals surface area contributed by atoms with Crippen LogP contribution in [0, 0.1) is 0 Å². The third-order valence-corrected chi connectivity index (χ3v) is 2.66. The maximum atomic E-state index is 9.46. The normalized spacial score (nSPS) is 13.0. The third-order valence-electron chi connectivity index (χ3n) is 1.32. The van der Waals surface area contributed by atoms with Crippen molar-refractivity contribution in [2.45, 2.75) is 13.0 Å². The van der Waals surface area contributed by atoms with Gasteiger partial charge < -0.3 is 5.11 Å². The molecule has 1 nitrogen and oxygen atoms in total. The lowest BCUT2D eigenvalue weighted by Crippen LogP contribution is -1.93. The first-order chi connectivity index (χ1) is 5.11. The highest BCUT2D eigenvalue weighted by Gasteiger charge is 2.09. The minimum Gasteiger partial charge on any atom is -0.383 e. The molecule has 0 spiro atoms. The predicted octanol–water partition coefficient (Wildman–Crippen LogP) is 3.01. The van der Waals surface area contributed by atoms with Crippen molar-refractivity contribution in [3.8, 4) is 0 Å². The van der Waals surface area contributed by atoms with Crippen molar-refractivity contribution in [2.75, 3.05) is 0 Å². The molecule has 0 bridgehead atoms. The SMILES string of the molecule is C=C(C)C(O)c1cc(Cl)cs1. The molecule has 1 N–H and O–H groups in total. The largest absolute Gasteiger partial charge is 0.383 e. The van der Waals surface area contributed by atoms with Gasteiger partial charge in [-0.15, -0.1) is 11.3 Å². The fourth-order valence-electron chi connectivity index (χ4n) is 0.715. The van der Waals surface area contributed by atoms with E-state index in [0.29, 0.717) is 5.02 Å². The van der Waals surface area contributed by atoms with E-state index in [1.807, 2.05) is 0 Å². The Morgan fingerprint density at radius 2 is 2.45 bits per heavy atom. The van der Waals surface area contributed by atoms with Crippen LogP contribution in [0.4, 0.5) is 0 Å². The highest BCUT2D eigenvalue weighted by atomic mass is 35.5. The van der Waals surface area contributed by atoms with Crippen LogP contribution in [0.3, 0.4) is 0 Å². The molecule has 60 valence electrons. The molecule has 0 saturated heterocycles. The maximum absolute atomic E-state index is 9.46. The fourth-order valence-corrected chi connectivity index (χ4v) is 1.87. The number of hydrogen-bond donors (Lipinski definition) is 1. The van der Waals surface area contributed by atoms with E-state index in [4.69, 9.17) is 11.6 Å². The average Bonchev–Trinajstić information content (AvgIpc) is 2.34. The minimum absolute atomic E-state index is 0.563. The first-order valence-electron chi connectivity index (χ1n) is 3.18. The van der Waals surface area contributed by atoms with Crippen LogP contribution < -0.4 is 0 Å². The Labute approximate surface area is 74.9 Å². The monoisotopic (exact) mass is 188 g/mol. The Bertz CT molecular complexity index is 267. The lowest BCUT2D eigenvalue weighted by molar-refractivity contribution is 0.220. The minimum atomic E-state index is -0.563. The summed E-state index contributed by atoms with van der Waals surface area (Å²) in [6, 6.07) is 1.76. The summed E-state index contributed by atoms with van der Waals surface area (Å²) >= 11 is 7.12. The molecule has 1 atom stereocenters. The molecule has 0 aromatic carbocycles. The van der Waals surface area contributed by atoms with Gasteiger partial charge in [-0.05, 0) is 18.6 Å². The molecule has 1 rings (SSSR count). The zero-order valence-corrected chi connectivity index (χ0v) is 7.75. The van der Waals surface area contributed by atoms with E-state index in [1.165, 1.54) is 11.3 Å². The molecule has 3 heteroatoms. The third kappa shape index (κ3) is 2.06. The lowest BCUT2D eigenvalue weighted by Gasteiger charge is -2.05. The van der Waals surface area contributed by atoms with Crippen molar-refractivity contribution in [3.63, 3.8) is 0 Å². The van der Waals surface area contributed by atoms with Gasteiger partial charge in [0.05, 0.1) is 5.02 Å². The lowest BCUT2D eigenvalue weighted by atomic mass is 10.2. The van der Waals surface area contributed by atoms with Crippen LogP contribution in [0.15, 0.2) is 23.6 Å². The quantitative estimate of drug-likeness (QED) is 0.708. The van der Waals surface area contributed by atoms with Gasteiger partial charge in [0, 0.05) is 10.3 Å². The second-order valence-corrected chi connectivity index (χ2v) is 3.80. The molecule has 0 amide bonds. The average molecular weight is 189 g/mol. The summed E-state index contributed by atoms with van der Waals surface area (Å²) < 4.78 is 0. The Balaban J connectivity index is 2.84. The molecule has 1 aromatic heterocycles. The summed E-state index contributed by atoms with van der Waals surface area (Å²) in [4.78, 5) is 0.850. The summed E-state index contributed by atoms with van der Waals surface area (Å²) in [5, 5.41) is 11.9. The van der Waals surface area contributed by atoms with Gasteiger partial charge in [0.1, 0.15) is 6.10 Å². The number of rotatable bonds is 2. The fraction of sp³-hybridized carbons (Fsp3) is 0.250. The molecule has 1 unspecified atom stereocenters. The zero-order chi connectivity index (χ0) is 8.43. The number of halogens is 1. The molecule has 0 fully saturated rings. The van der Waals surface area contributed by atoms with Crippen LogP contribution in [0.25, 0.3) is 0 Å². The molecular formula is C8H9ClOS. The molecule has 0 saturated carbocycles. The van der Waals surface area contributed by atoms with Crippen molar-refractivity contribution in [1.82, 2.24) is 0 Å². The standard InChI is InChI=1S/C8H9ClOS/c1-5(2)8(10)7-3-6(9)4-11-7/h3-4,8,10H,1H2,2H3. The Morgan fingerprint density at radius 3 is 2.82 bits per heavy atom. The summed E-state index contributed by atoms with van der Waals surface area (Å²) in [5.74, 6) is 0. The van der Waals surface area contributed by atoms with E-state index < -0.39 is 6.10 Å². The van der Waals surface area contributed by atoms with Crippen molar-refractivity contribution in [1.29, 1.82) is 0 Å². The Morgan fingerprint density at radius 1 is 1.82 bits per heavy atom. The van der Waals surface area contributed by atoms with Gasteiger partial charge in [-0.3, -0.25) is 0 Å². The molecule has 0 aliphatic heterocycles. The molecular weight excluding hydrogens is 180 g/mol. The Kier molecular flexibility index (Phi) is 2.71. The summed E-state index contributed by atoms with van der Waals surface area (Å²) in [6.45, 7) is 5.44. The molecule has 0 radical (unpaired) electrons. The van der Waals surface area contributed by atoms with E-state index in [2.05, 4.69) is 6.58 Å².